The average Bonchev–Trinajstić information content (AvgIpc) is 2.54. The number of nitrogens with one attached hydrogen (secondary N) is 1. The third-order valence-electron chi connectivity index (χ3n) is 1.54. The summed E-state index contributed by atoms with van der Waals surface area (Å²) in [6.45, 7) is 4.69. The zero-order valence-electron chi connectivity index (χ0n) is 7.34. The smallest absolute Gasteiger partial charge is 0.132 e. The molecule has 0 radical (unpaired) electrons. The lowest BCUT2D eigenvalue weighted by atomic mass is 10.3. The Morgan fingerprint density at radius 2 is 2.33 bits per heavy atom. The number of halogens is 1. The highest BCUT2D eigenvalue weighted by molar-refractivity contribution is 6.24. The summed E-state index contributed by atoms with van der Waals surface area (Å²) in [4.78, 5) is 7.24. The summed E-state index contributed by atoms with van der Waals surface area (Å²) >= 11 is 5.84. The minimum absolute atomic E-state index is 0.0725. The first kappa shape index (κ1) is 9.33. The molecule has 66 valence electrons. The fraction of sp³-hybridized carbons (Fsp3) is 0.444. The monoisotopic (exact) mass is 184 g/mol. The van der Waals surface area contributed by atoms with Gasteiger partial charge < -0.3 is 4.98 Å². The van der Waals surface area contributed by atoms with Gasteiger partial charge in [0.15, 0.2) is 0 Å². The van der Waals surface area contributed by atoms with E-state index in [4.69, 9.17) is 11.6 Å². The van der Waals surface area contributed by atoms with Crippen LogP contribution in [0.2, 0.25) is 0 Å². The van der Waals surface area contributed by atoms with Crippen molar-refractivity contribution in [3.05, 3.63) is 23.0 Å². The lowest BCUT2D eigenvalue weighted by molar-refractivity contribution is 0.941. The SMILES string of the molecule is CC.ClC1C=c2cc[nH]c2=NC1. The van der Waals surface area contributed by atoms with E-state index in [2.05, 4.69) is 9.98 Å². The van der Waals surface area contributed by atoms with Crippen molar-refractivity contribution >= 4 is 17.7 Å². The molecule has 1 aromatic heterocycles. The van der Waals surface area contributed by atoms with Crippen molar-refractivity contribution in [2.75, 3.05) is 6.54 Å². The molecule has 1 N–H and O–H groups in total. The molecule has 0 aromatic carbocycles. The Bertz CT molecular complexity index is 340. The quantitative estimate of drug-likeness (QED) is 0.585. The van der Waals surface area contributed by atoms with E-state index in [1.807, 2.05) is 32.2 Å². The second-order valence-electron chi connectivity index (χ2n) is 2.30. The molecule has 0 spiro atoms. The Labute approximate surface area is 77.0 Å². The molecule has 3 heteroatoms. The van der Waals surface area contributed by atoms with Crippen LogP contribution in [0.1, 0.15) is 13.8 Å². The Morgan fingerprint density at radius 3 is 3.08 bits per heavy atom. The molecule has 1 aliphatic rings. The van der Waals surface area contributed by atoms with Crippen LogP contribution in [0.15, 0.2) is 17.3 Å². The van der Waals surface area contributed by atoms with Crippen LogP contribution in [-0.2, 0) is 0 Å². The second-order valence-corrected chi connectivity index (χ2v) is 2.87. The zero-order chi connectivity index (χ0) is 8.97. The molecule has 0 amide bonds. The Kier molecular flexibility index (Phi) is 3.35. The summed E-state index contributed by atoms with van der Waals surface area (Å²) in [5.41, 5.74) is 0.955. The molecule has 0 bridgehead atoms. The first-order valence-corrected chi connectivity index (χ1v) is 4.64. The lowest BCUT2D eigenvalue weighted by Gasteiger charge is -2.00. The zero-order valence-corrected chi connectivity index (χ0v) is 8.10. The largest absolute Gasteiger partial charge is 0.346 e. The first-order valence-electron chi connectivity index (χ1n) is 4.20. The molecular formula is C9H13ClN2. The lowest BCUT2D eigenvalue weighted by Crippen LogP contribution is -2.29. The molecule has 0 saturated heterocycles. The van der Waals surface area contributed by atoms with Gasteiger partial charge in [0.25, 0.3) is 0 Å². The molecule has 0 aliphatic carbocycles. The number of H-pyrrole nitrogens is 1. The number of rotatable bonds is 0. The highest BCUT2D eigenvalue weighted by atomic mass is 35.5. The molecule has 1 unspecified atom stereocenters. The molecule has 0 fully saturated rings. The molecule has 1 aliphatic heterocycles. The number of hydrogen-bond acceptors (Lipinski definition) is 1. The molecule has 1 atom stereocenters. The van der Waals surface area contributed by atoms with Gasteiger partial charge in [0.05, 0.1) is 11.9 Å². The summed E-state index contributed by atoms with van der Waals surface area (Å²) in [6, 6.07) is 1.98. The number of aromatic nitrogens is 1. The molecule has 1 aromatic rings. The van der Waals surface area contributed by atoms with Crippen LogP contribution in [0.5, 0.6) is 0 Å². The van der Waals surface area contributed by atoms with E-state index in [1.165, 1.54) is 0 Å². The number of nitrogens with zero attached hydrogens (tertiary/aromatic N) is 1. The van der Waals surface area contributed by atoms with Gasteiger partial charge in [-0.15, -0.1) is 11.6 Å². The van der Waals surface area contributed by atoms with Crippen LogP contribution >= 0.6 is 11.6 Å². The first-order chi connectivity index (χ1) is 5.86. The van der Waals surface area contributed by atoms with Crippen LogP contribution in [0, 0.1) is 0 Å². The highest BCUT2D eigenvalue weighted by Crippen LogP contribution is 1.98. The van der Waals surface area contributed by atoms with Gasteiger partial charge in [-0.3, -0.25) is 4.99 Å². The minimum atomic E-state index is 0.0725. The van der Waals surface area contributed by atoms with Gasteiger partial charge in [0.1, 0.15) is 5.49 Å². The van der Waals surface area contributed by atoms with Gasteiger partial charge in [0, 0.05) is 11.4 Å². The van der Waals surface area contributed by atoms with Crippen LogP contribution in [0.3, 0.4) is 0 Å². The summed E-state index contributed by atoms with van der Waals surface area (Å²) in [6.07, 6.45) is 3.89. The summed E-state index contributed by atoms with van der Waals surface area (Å²) in [5.74, 6) is 0. The number of alkyl halides is 1. The van der Waals surface area contributed by atoms with Crippen LogP contribution < -0.4 is 10.7 Å². The Morgan fingerprint density at radius 1 is 1.58 bits per heavy atom. The number of hydrogen-bond donors (Lipinski definition) is 1. The van der Waals surface area contributed by atoms with Gasteiger partial charge in [-0.2, -0.15) is 0 Å². The third kappa shape index (κ3) is 1.89. The molecule has 2 rings (SSSR count). The van der Waals surface area contributed by atoms with E-state index in [1.54, 1.807) is 0 Å². The van der Waals surface area contributed by atoms with E-state index in [-0.39, 0.29) is 5.38 Å². The topological polar surface area (TPSA) is 28.1 Å². The fourth-order valence-electron chi connectivity index (χ4n) is 1.07. The van der Waals surface area contributed by atoms with E-state index in [9.17, 15) is 0 Å². The van der Waals surface area contributed by atoms with Crippen molar-refractivity contribution in [3.8, 4) is 0 Å². The maximum atomic E-state index is 5.84. The molecular weight excluding hydrogens is 172 g/mol. The Balaban J connectivity index is 0.000000336. The van der Waals surface area contributed by atoms with Crippen molar-refractivity contribution in [2.45, 2.75) is 19.2 Å². The minimum Gasteiger partial charge on any atom is -0.346 e. The van der Waals surface area contributed by atoms with E-state index in [0.29, 0.717) is 6.54 Å². The molecule has 0 saturated carbocycles. The maximum absolute atomic E-state index is 5.84. The summed E-state index contributed by atoms with van der Waals surface area (Å²) in [7, 11) is 0. The van der Waals surface area contributed by atoms with Crippen molar-refractivity contribution in [1.29, 1.82) is 0 Å². The van der Waals surface area contributed by atoms with Gasteiger partial charge in [-0.25, -0.2) is 0 Å². The van der Waals surface area contributed by atoms with E-state index >= 15 is 0 Å². The van der Waals surface area contributed by atoms with Gasteiger partial charge in [-0.05, 0) is 6.07 Å². The summed E-state index contributed by atoms with van der Waals surface area (Å²) < 4.78 is 0. The second kappa shape index (κ2) is 4.31. The van der Waals surface area contributed by atoms with Crippen molar-refractivity contribution in [3.63, 3.8) is 0 Å². The normalized spacial score (nSPS) is 19.4. The van der Waals surface area contributed by atoms with Crippen molar-refractivity contribution in [1.82, 2.24) is 4.98 Å². The Hall–Kier alpha value is -0.760. The number of fused-ring (bicyclic) bond motifs is 1. The molecule has 2 nitrogen and oxygen atoms in total. The molecule has 2 heterocycles. The van der Waals surface area contributed by atoms with Crippen molar-refractivity contribution in [2.24, 2.45) is 4.99 Å². The highest BCUT2D eigenvalue weighted by Gasteiger charge is 2.03. The molecule has 12 heavy (non-hydrogen) atoms. The van der Waals surface area contributed by atoms with E-state index in [0.717, 1.165) is 10.7 Å². The van der Waals surface area contributed by atoms with Crippen molar-refractivity contribution < 1.29 is 0 Å². The van der Waals surface area contributed by atoms with Gasteiger partial charge >= 0.3 is 0 Å². The third-order valence-corrected chi connectivity index (χ3v) is 1.80. The predicted octanol–water partition coefficient (Wildman–Crippen LogP) is 1.06. The average molecular weight is 185 g/mol. The van der Waals surface area contributed by atoms with Gasteiger partial charge in [0.2, 0.25) is 0 Å². The van der Waals surface area contributed by atoms with Crippen LogP contribution in [0.25, 0.3) is 6.08 Å². The summed E-state index contributed by atoms with van der Waals surface area (Å²) in [5, 5.41) is 1.19. The van der Waals surface area contributed by atoms with Crippen LogP contribution in [0.4, 0.5) is 0 Å². The predicted molar refractivity (Wildman–Crippen MR) is 51.9 cm³/mol. The fourth-order valence-corrected chi connectivity index (χ4v) is 1.27. The standard InChI is InChI=1S/C7H7ClN2.C2H6/c8-6-3-5-1-2-9-7(5)10-4-6;1-2/h1-3,6H,4H2,(H,9,10);1-2H3. The van der Waals surface area contributed by atoms with Gasteiger partial charge in [-0.1, -0.05) is 19.9 Å². The maximum Gasteiger partial charge on any atom is 0.132 e. The number of aromatic amines is 1. The van der Waals surface area contributed by atoms with Crippen LogP contribution in [-0.4, -0.2) is 16.9 Å². The van der Waals surface area contributed by atoms with E-state index < -0.39 is 0 Å².